The van der Waals surface area contributed by atoms with E-state index in [1.165, 1.54) is 11.1 Å². The molecule has 0 unspecified atom stereocenters. The van der Waals surface area contributed by atoms with Crippen LogP contribution in [0.5, 0.6) is 0 Å². The molecule has 0 heterocycles. The molecule has 57 valence electrons. The standard InChI is InChI=1S/C9H10NSe/c1-7-2-4-8(5-3-7)6-9(10)11/h2-5,10H,6H2,1H3. The van der Waals surface area contributed by atoms with Gasteiger partial charge in [0.15, 0.2) is 0 Å². The van der Waals surface area contributed by atoms with Gasteiger partial charge >= 0.3 is 74.8 Å². The first-order valence-electron chi connectivity index (χ1n) is 3.48. The molecule has 0 fully saturated rings. The molecular weight excluding hydrogens is 201 g/mol. The third kappa shape index (κ3) is 2.87. The van der Waals surface area contributed by atoms with Gasteiger partial charge < -0.3 is 0 Å². The summed E-state index contributed by atoms with van der Waals surface area (Å²) in [4.78, 5) is 0. The van der Waals surface area contributed by atoms with Crippen LogP contribution in [0, 0.1) is 12.3 Å². The van der Waals surface area contributed by atoms with Crippen molar-refractivity contribution in [3.8, 4) is 0 Å². The van der Waals surface area contributed by atoms with Crippen LogP contribution in [0.25, 0.3) is 0 Å². The second-order valence-corrected chi connectivity index (χ2v) is 3.62. The molecule has 11 heavy (non-hydrogen) atoms. The van der Waals surface area contributed by atoms with E-state index in [0.29, 0.717) is 4.61 Å². The molecule has 2 heteroatoms. The molecule has 0 saturated heterocycles. The fraction of sp³-hybridized carbons (Fsp3) is 0.222. The monoisotopic (exact) mass is 212 g/mol. The number of rotatable bonds is 2. The zero-order valence-electron chi connectivity index (χ0n) is 6.42. The molecule has 0 aliphatic rings. The minimum atomic E-state index is 0.592. The molecule has 0 bridgehead atoms. The van der Waals surface area contributed by atoms with Gasteiger partial charge in [0.05, 0.1) is 0 Å². The summed E-state index contributed by atoms with van der Waals surface area (Å²) < 4.78 is 0.592. The normalized spacial score (nSPS) is 9.55. The third-order valence-corrected chi connectivity index (χ3v) is 1.79. The maximum absolute atomic E-state index is 7.23. The molecule has 0 atom stereocenters. The Balaban J connectivity index is 2.74. The first-order chi connectivity index (χ1) is 5.18. The van der Waals surface area contributed by atoms with Gasteiger partial charge in [-0.05, 0) is 0 Å². The van der Waals surface area contributed by atoms with E-state index < -0.39 is 0 Å². The molecule has 0 spiro atoms. The zero-order valence-corrected chi connectivity index (χ0v) is 8.14. The molecule has 1 rings (SSSR count). The van der Waals surface area contributed by atoms with Crippen LogP contribution in [0.4, 0.5) is 0 Å². The van der Waals surface area contributed by atoms with Crippen molar-refractivity contribution in [1.29, 1.82) is 5.41 Å². The van der Waals surface area contributed by atoms with Gasteiger partial charge in [-0.1, -0.05) is 0 Å². The summed E-state index contributed by atoms with van der Waals surface area (Å²) in [7, 11) is 0. The number of nitrogens with one attached hydrogen (secondary N) is 1. The van der Waals surface area contributed by atoms with Crippen molar-refractivity contribution in [2.45, 2.75) is 13.3 Å². The Morgan fingerprint density at radius 1 is 1.36 bits per heavy atom. The van der Waals surface area contributed by atoms with Crippen LogP contribution < -0.4 is 0 Å². The second-order valence-electron chi connectivity index (χ2n) is 2.59. The van der Waals surface area contributed by atoms with Gasteiger partial charge in [0.25, 0.3) is 0 Å². The number of aryl methyl sites for hydroxylation is 1. The molecule has 1 aromatic rings. The molecule has 1 aromatic carbocycles. The maximum atomic E-state index is 7.23. The van der Waals surface area contributed by atoms with Crippen molar-refractivity contribution in [1.82, 2.24) is 0 Å². The fourth-order valence-corrected chi connectivity index (χ4v) is 1.24. The topological polar surface area (TPSA) is 23.9 Å². The van der Waals surface area contributed by atoms with E-state index in [2.05, 4.69) is 47.2 Å². The van der Waals surface area contributed by atoms with E-state index in [4.69, 9.17) is 5.41 Å². The molecule has 1 radical (unpaired) electrons. The second kappa shape index (κ2) is 3.70. The minimum absolute atomic E-state index is 0.592. The number of hydrogen-bond donors (Lipinski definition) is 1. The van der Waals surface area contributed by atoms with Crippen LogP contribution in [0.2, 0.25) is 0 Å². The van der Waals surface area contributed by atoms with Crippen molar-refractivity contribution in [3.63, 3.8) is 0 Å². The van der Waals surface area contributed by atoms with Crippen LogP contribution >= 0.6 is 0 Å². The molecule has 0 saturated carbocycles. The van der Waals surface area contributed by atoms with Crippen LogP contribution in [0.3, 0.4) is 0 Å². The first-order valence-corrected chi connectivity index (χ1v) is 4.34. The van der Waals surface area contributed by atoms with E-state index in [-0.39, 0.29) is 0 Å². The predicted octanol–water partition coefficient (Wildman–Crippen LogP) is 1.68. The van der Waals surface area contributed by atoms with Crippen molar-refractivity contribution in [2.75, 3.05) is 0 Å². The summed E-state index contributed by atoms with van der Waals surface area (Å²) in [5.41, 5.74) is 2.46. The number of hydrogen-bond acceptors (Lipinski definition) is 1. The van der Waals surface area contributed by atoms with Crippen molar-refractivity contribution >= 4 is 20.6 Å². The van der Waals surface area contributed by atoms with Crippen LogP contribution in [0.1, 0.15) is 11.1 Å². The molecule has 0 amide bonds. The van der Waals surface area contributed by atoms with Crippen molar-refractivity contribution < 1.29 is 0 Å². The van der Waals surface area contributed by atoms with Gasteiger partial charge in [-0.15, -0.1) is 0 Å². The summed E-state index contributed by atoms with van der Waals surface area (Å²) >= 11 is 2.69. The zero-order chi connectivity index (χ0) is 8.27. The average Bonchev–Trinajstić information content (AvgIpc) is 1.93. The summed E-state index contributed by atoms with van der Waals surface area (Å²) in [5.74, 6) is 0. The molecule has 0 aromatic heterocycles. The van der Waals surface area contributed by atoms with Gasteiger partial charge in [-0.3, -0.25) is 0 Å². The van der Waals surface area contributed by atoms with Crippen LogP contribution in [-0.2, 0) is 6.42 Å². The van der Waals surface area contributed by atoms with E-state index in [0.717, 1.165) is 6.42 Å². The van der Waals surface area contributed by atoms with Gasteiger partial charge in [0.2, 0.25) is 0 Å². The van der Waals surface area contributed by atoms with Crippen molar-refractivity contribution in [3.05, 3.63) is 35.4 Å². The average molecular weight is 211 g/mol. The third-order valence-electron chi connectivity index (χ3n) is 1.49. The van der Waals surface area contributed by atoms with Crippen LogP contribution in [0.15, 0.2) is 24.3 Å². The Labute approximate surface area is 75.1 Å². The van der Waals surface area contributed by atoms with E-state index in [1.54, 1.807) is 0 Å². The van der Waals surface area contributed by atoms with E-state index in [1.807, 2.05) is 0 Å². The molecular formula is C9H10NSe. The fourth-order valence-electron chi connectivity index (χ4n) is 0.891. The van der Waals surface area contributed by atoms with Crippen LogP contribution in [-0.4, -0.2) is 20.6 Å². The predicted molar refractivity (Wildman–Crippen MR) is 48.4 cm³/mol. The Kier molecular flexibility index (Phi) is 2.86. The summed E-state index contributed by atoms with van der Waals surface area (Å²) in [5, 5.41) is 7.23. The van der Waals surface area contributed by atoms with E-state index >= 15 is 0 Å². The Bertz CT molecular complexity index is 251. The molecule has 0 aliphatic carbocycles. The Morgan fingerprint density at radius 2 is 1.91 bits per heavy atom. The van der Waals surface area contributed by atoms with E-state index in [9.17, 15) is 0 Å². The summed E-state index contributed by atoms with van der Waals surface area (Å²) in [6.07, 6.45) is 0.722. The molecule has 0 aliphatic heterocycles. The van der Waals surface area contributed by atoms with Gasteiger partial charge in [-0.2, -0.15) is 0 Å². The molecule has 1 nitrogen and oxygen atoms in total. The first kappa shape index (κ1) is 8.51. The summed E-state index contributed by atoms with van der Waals surface area (Å²) in [6.45, 7) is 2.06. The SMILES string of the molecule is Cc1ccc(CC(=N)[Se])cc1. The number of benzene rings is 1. The quantitative estimate of drug-likeness (QED) is 0.568. The Hall–Kier alpha value is -0.591. The summed E-state index contributed by atoms with van der Waals surface area (Å²) in [6, 6.07) is 8.25. The molecule has 1 N–H and O–H groups in total. The Morgan fingerprint density at radius 3 is 2.36 bits per heavy atom. The van der Waals surface area contributed by atoms with Crippen molar-refractivity contribution in [2.24, 2.45) is 0 Å². The van der Waals surface area contributed by atoms with Gasteiger partial charge in [-0.25, -0.2) is 0 Å². The van der Waals surface area contributed by atoms with Gasteiger partial charge in [0, 0.05) is 0 Å². The van der Waals surface area contributed by atoms with Gasteiger partial charge in [0.1, 0.15) is 0 Å².